The molecule has 2 fully saturated rings. The lowest BCUT2D eigenvalue weighted by molar-refractivity contribution is -0.0593. The zero-order valence-corrected chi connectivity index (χ0v) is 22.8. The molecule has 3 aliphatic rings. The number of likely N-dealkylation sites (tertiary alicyclic amines) is 1. The smallest absolute Gasteiger partial charge is 0.354 e. The fraction of sp³-hybridized carbons (Fsp3) is 0.406. The molecule has 41 heavy (non-hydrogen) atoms. The van der Waals surface area contributed by atoms with Crippen LogP contribution >= 0.6 is 0 Å². The molecule has 2 atom stereocenters. The van der Waals surface area contributed by atoms with Gasteiger partial charge in [0.2, 0.25) is 0 Å². The van der Waals surface area contributed by atoms with Gasteiger partial charge in [0.05, 0.1) is 25.8 Å². The van der Waals surface area contributed by atoms with E-state index in [9.17, 15) is 14.3 Å². The topological polar surface area (TPSA) is 89.7 Å². The molecule has 3 aliphatic heterocycles. The van der Waals surface area contributed by atoms with Crippen molar-refractivity contribution >= 4 is 17.1 Å². The van der Waals surface area contributed by atoms with Crippen LogP contribution in [0.2, 0.25) is 0 Å². The molecule has 0 amide bonds. The van der Waals surface area contributed by atoms with Crippen LogP contribution in [-0.2, 0) is 24.2 Å². The van der Waals surface area contributed by atoms with Gasteiger partial charge in [-0.3, -0.25) is 4.90 Å². The van der Waals surface area contributed by atoms with Gasteiger partial charge in [-0.15, -0.1) is 0 Å². The van der Waals surface area contributed by atoms with Gasteiger partial charge in [-0.2, -0.15) is 0 Å². The molecule has 8 nitrogen and oxygen atoms in total. The highest BCUT2D eigenvalue weighted by molar-refractivity contribution is 5.88. The first-order valence-electron chi connectivity index (χ1n) is 14.5. The number of carboxylic acid groups (broad SMARTS) is 1. The average Bonchev–Trinajstić information content (AvgIpc) is 3.30. The third kappa shape index (κ3) is 5.08. The first-order valence-corrected chi connectivity index (χ1v) is 14.5. The van der Waals surface area contributed by atoms with Crippen molar-refractivity contribution in [3.63, 3.8) is 0 Å². The number of fused-ring (bicyclic) bond motifs is 2. The lowest BCUT2D eigenvalue weighted by Gasteiger charge is -2.35. The first kappa shape index (κ1) is 26.1. The molecule has 0 bridgehead atoms. The highest BCUT2D eigenvalue weighted by Crippen LogP contribution is 2.41. The Bertz CT molecular complexity index is 1590. The summed E-state index contributed by atoms with van der Waals surface area (Å²) in [5, 5.41) is 9.46. The van der Waals surface area contributed by atoms with E-state index in [2.05, 4.69) is 28.1 Å². The number of hydrogen-bond acceptors (Lipinski definition) is 6. The Hall–Kier alpha value is -3.82. The molecule has 0 saturated carbocycles. The highest BCUT2D eigenvalue weighted by atomic mass is 19.1. The minimum Gasteiger partial charge on any atom is -0.492 e. The summed E-state index contributed by atoms with van der Waals surface area (Å²) >= 11 is 0. The van der Waals surface area contributed by atoms with Crippen LogP contribution in [0.4, 0.5) is 4.39 Å². The van der Waals surface area contributed by atoms with E-state index in [0.717, 1.165) is 68.1 Å². The Labute approximate surface area is 237 Å². The third-order valence-corrected chi connectivity index (χ3v) is 8.83. The van der Waals surface area contributed by atoms with Crippen molar-refractivity contribution in [1.82, 2.24) is 19.4 Å². The number of ether oxygens (including phenoxy) is 2. The molecule has 2 unspecified atom stereocenters. The predicted molar refractivity (Wildman–Crippen MR) is 151 cm³/mol. The number of rotatable bonds is 7. The Morgan fingerprint density at radius 1 is 0.976 bits per heavy atom. The van der Waals surface area contributed by atoms with E-state index in [1.165, 1.54) is 17.7 Å². The molecule has 1 N–H and O–H groups in total. The quantitative estimate of drug-likeness (QED) is 0.337. The summed E-state index contributed by atoms with van der Waals surface area (Å²) in [6.45, 7) is 4.38. The lowest BCUT2D eigenvalue weighted by atomic mass is 9.84. The van der Waals surface area contributed by atoms with E-state index >= 15 is 0 Å². The number of pyridine rings is 1. The van der Waals surface area contributed by atoms with Crippen molar-refractivity contribution in [2.45, 2.75) is 56.7 Å². The van der Waals surface area contributed by atoms with Crippen molar-refractivity contribution in [3.8, 4) is 5.75 Å². The van der Waals surface area contributed by atoms with Gasteiger partial charge in [0.1, 0.15) is 22.9 Å². The molecular weight excluding hydrogens is 523 g/mol. The molecular formula is C32H33FN4O4. The molecule has 2 aromatic carbocycles. The van der Waals surface area contributed by atoms with Crippen molar-refractivity contribution in [2.75, 3.05) is 26.3 Å². The Morgan fingerprint density at radius 3 is 2.54 bits per heavy atom. The highest BCUT2D eigenvalue weighted by Gasteiger charge is 2.30. The minimum atomic E-state index is -1.04. The molecule has 0 spiro atoms. The number of carbonyl (C=O) groups is 1. The second-order valence-corrected chi connectivity index (χ2v) is 11.4. The van der Waals surface area contributed by atoms with Gasteiger partial charge < -0.3 is 19.1 Å². The Morgan fingerprint density at radius 2 is 1.78 bits per heavy atom. The fourth-order valence-electron chi connectivity index (χ4n) is 6.49. The fourth-order valence-corrected chi connectivity index (χ4v) is 6.49. The van der Waals surface area contributed by atoms with Gasteiger partial charge in [-0.05, 0) is 79.6 Å². The van der Waals surface area contributed by atoms with Gasteiger partial charge >= 0.3 is 5.97 Å². The SMILES string of the molecule is O=C(O)c1ccc2nc(CN3CCC(c4cccc5c4OCC(c4ccccc4F)C5)CC3)n(CC3CCO3)c2n1. The molecule has 7 rings (SSSR count). The number of aromatic nitrogens is 3. The minimum absolute atomic E-state index is 0.0199. The zero-order valence-electron chi connectivity index (χ0n) is 22.8. The zero-order chi connectivity index (χ0) is 27.9. The summed E-state index contributed by atoms with van der Waals surface area (Å²) in [7, 11) is 0. The van der Waals surface area contributed by atoms with Gasteiger partial charge in [0.25, 0.3) is 0 Å². The third-order valence-electron chi connectivity index (χ3n) is 8.83. The second-order valence-electron chi connectivity index (χ2n) is 11.4. The van der Waals surface area contributed by atoms with E-state index < -0.39 is 5.97 Å². The van der Waals surface area contributed by atoms with E-state index in [1.54, 1.807) is 12.1 Å². The largest absolute Gasteiger partial charge is 0.492 e. The number of carboxylic acids is 1. The maximum absolute atomic E-state index is 14.4. The number of aromatic carboxylic acids is 1. The number of para-hydroxylation sites is 1. The average molecular weight is 557 g/mol. The molecule has 9 heteroatoms. The maximum atomic E-state index is 14.4. The molecule has 0 radical (unpaired) electrons. The number of nitrogens with zero attached hydrogens (tertiary/aromatic N) is 4. The first-order chi connectivity index (χ1) is 20.0. The molecule has 2 aromatic heterocycles. The van der Waals surface area contributed by atoms with Gasteiger partial charge in [-0.1, -0.05) is 36.4 Å². The lowest BCUT2D eigenvalue weighted by Crippen LogP contribution is -2.35. The summed E-state index contributed by atoms with van der Waals surface area (Å²) in [5.41, 5.74) is 4.47. The van der Waals surface area contributed by atoms with Crippen LogP contribution in [0.15, 0.2) is 54.6 Å². The van der Waals surface area contributed by atoms with Crippen LogP contribution in [0.3, 0.4) is 0 Å². The summed E-state index contributed by atoms with van der Waals surface area (Å²) in [5.74, 6) is 1.09. The monoisotopic (exact) mass is 556 g/mol. The second kappa shape index (κ2) is 10.9. The number of halogens is 1. The van der Waals surface area contributed by atoms with E-state index in [4.69, 9.17) is 14.5 Å². The van der Waals surface area contributed by atoms with Crippen LogP contribution in [-0.4, -0.2) is 62.9 Å². The Kier molecular flexibility index (Phi) is 6.92. The van der Waals surface area contributed by atoms with Crippen LogP contribution < -0.4 is 4.74 Å². The summed E-state index contributed by atoms with van der Waals surface area (Å²) in [6, 6.07) is 16.7. The van der Waals surface area contributed by atoms with Crippen molar-refractivity contribution in [3.05, 3.63) is 88.6 Å². The summed E-state index contributed by atoms with van der Waals surface area (Å²) in [4.78, 5) is 23.2. The summed E-state index contributed by atoms with van der Waals surface area (Å²) in [6.07, 6.45) is 3.87. The summed E-state index contributed by atoms with van der Waals surface area (Å²) < 4.78 is 28.5. The van der Waals surface area contributed by atoms with Crippen LogP contribution in [0.5, 0.6) is 5.75 Å². The molecule has 4 aromatic rings. The molecule has 0 aliphatic carbocycles. The van der Waals surface area contributed by atoms with Gasteiger partial charge in [-0.25, -0.2) is 19.2 Å². The number of imidazole rings is 1. The Balaban J connectivity index is 1.06. The number of piperidine rings is 1. The maximum Gasteiger partial charge on any atom is 0.354 e. The molecule has 5 heterocycles. The van der Waals surface area contributed by atoms with Crippen molar-refractivity contribution < 1.29 is 23.8 Å². The van der Waals surface area contributed by atoms with Crippen molar-refractivity contribution in [2.24, 2.45) is 0 Å². The van der Waals surface area contributed by atoms with Crippen LogP contribution in [0.25, 0.3) is 11.2 Å². The van der Waals surface area contributed by atoms with E-state index in [0.29, 0.717) is 36.8 Å². The molecule has 212 valence electrons. The van der Waals surface area contributed by atoms with Gasteiger partial charge in [0.15, 0.2) is 11.3 Å². The standard InChI is InChI=1S/C32H33FN4O4/c33-26-7-2-1-5-24(26)22-16-21-4-3-6-25(30(21)41-19-22)20-10-13-36(14-11-20)18-29-34-27-8-9-28(32(38)39)35-31(27)37(29)17-23-12-15-40-23/h1-9,20,22-23H,10-19H2,(H,38,39). The van der Waals surface area contributed by atoms with Gasteiger partial charge in [0, 0.05) is 12.5 Å². The van der Waals surface area contributed by atoms with E-state index in [-0.39, 0.29) is 23.5 Å². The molecule has 2 saturated heterocycles. The van der Waals surface area contributed by atoms with Crippen molar-refractivity contribution in [1.29, 1.82) is 0 Å². The predicted octanol–water partition coefficient (Wildman–Crippen LogP) is 5.16. The number of hydrogen-bond donors (Lipinski definition) is 1. The van der Waals surface area contributed by atoms with E-state index in [1.807, 2.05) is 16.7 Å². The number of benzene rings is 2. The van der Waals surface area contributed by atoms with Crippen LogP contribution in [0.1, 0.15) is 64.1 Å². The normalized spacial score (nSPS) is 21.3. The van der Waals surface area contributed by atoms with Crippen LogP contribution in [0, 0.1) is 5.82 Å².